The molecule has 3 nitrogen and oxygen atoms in total. The number of aromatic nitrogens is 1. The van der Waals surface area contributed by atoms with Crippen LogP contribution in [0.15, 0.2) is 54.7 Å². The molecule has 3 heteroatoms. The highest BCUT2D eigenvalue weighted by atomic mass is 15.0. The monoisotopic (exact) mass is 331 g/mol. The average molecular weight is 331 g/mol. The van der Waals surface area contributed by atoms with Crippen molar-refractivity contribution in [1.29, 1.82) is 5.41 Å². The fourth-order valence-electron chi connectivity index (χ4n) is 4.05. The molecular weight excluding hydrogens is 306 g/mol. The van der Waals surface area contributed by atoms with Crippen molar-refractivity contribution in [2.75, 3.05) is 5.73 Å². The molecule has 0 unspecified atom stereocenters. The van der Waals surface area contributed by atoms with Gasteiger partial charge >= 0.3 is 0 Å². The van der Waals surface area contributed by atoms with Crippen LogP contribution in [0.1, 0.15) is 44.1 Å². The highest BCUT2D eigenvalue weighted by Gasteiger charge is 2.18. The summed E-state index contributed by atoms with van der Waals surface area (Å²) in [5, 5.41) is 9.82. The van der Waals surface area contributed by atoms with Crippen LogP contribution in [0.5, 0.6) is 0 Å². The Morgan fingerprint density at radius 2 is 1.76 bits per heavy atom. The van der Waals surface area contributed by atoms with Crippen molar-refractivity contribution in [3.63, 3.8) is 0 Å². The zero-order chi connectivity index (χ0) is 17.2. The van der Waals surface area contributed by atoms with E-state index < -0.39 is 0 Å². The van der Waals surface area contributed by atoms with Crippen molar-refractivity contribution in [3.8, 4) is 5.69 Å². The van der Waals surface area contributed by atoms with Gasteiger partial charge in [0.25, 0.3) is 0 Å². The van der Waals surface area contributed by atoms with Crippen molar-refractivity contribution in [2.24, 2.45) is 5.92 Å². The Morgan fingerprint density at radius 1 is 1.04 bits per heavy atom. The number of fused-ring (bicyclic) bond motifs is 1. The molecule has 1 aliphatic rings. The molecule has 1 fully saturated rings. The van der Waals surface area contributed by atoms with Crippen LogP contribution in [0, 0.1) is 11.3 Å². The number of nitrogens with two attached hydrogens (primary N) is 1. The molecule has 0 amide bonds. The molecule has 0 saturated heterocycles. The van der Waals surface area contributed by atoms with Crippen LogP contribution in [-0.2, 0) is 0 Å². The van der Waals surface area contributed by atoms with E-state index in [1.807, 2.05) is 24.3 Å². The van der Waals surface area contributed by atoms with E-state index in [0.29, 0.717) is 0 Å². The number of hydrogen-bond donors (Lipinski definition) is 2. The molecule has 0 atom stereocenters. The Kier molecular flexibility index (Phi) is 4.31. The maximum atomic E-state index is 8.65. The lowest BCUT2D eigenvalue weighted by Crippen LogP contribution is -2.02. The SMILES string of the molecule is N=C(CCC1CCCC1)c1cn(-c2ccc(N)cc2)c2ccccc12. The largest absolute Gasteiger partial charge is 0.399 e. The van der Waals surface area contributed by atoms with E-state index in [9.17, 15) is 0 Å². The number of hydrogen-bond acceptors (Lipinski definition) is 2. The van der Waals surface area contributed by atoms with Crippen molar-refractivity contribution >= 4 is 22.3 Å². The molecule has 0 radical (unpaired) electrons. The van der Waals surface area contributed by atoms with Gasteiger partial charge in [-0.1, -0.05) is 43.9 Å². The second-order valence-electron chi connectivity index (χ2n) is 7.19. The summed E-state index contributed by atoms with van der Waals surface area (Å²) in [6.45, 7) is 0. The van der Waals surface area contributed by atoms with Gasteiger partial charge in [-0.25, -0.2) is 0 Å². The highest BCUT2D eigenvalue weighted by molar-refractivity contribution is 6.09. The number of benzene rings is 2. The molecule has 4 rings (SSSR count). The second-order valence-corrected chi connectivity index (χ2v) is 7.19. The van der Waals surface area contributed by atoms with Gasteiger partial charge in [0.2, 0.25) is 0 Å². The molecule has 1 heterocycles. The maximum Gasteiger partial charge on any atom is 0.0535 e. The van der Waals surface area contributed by atoms with Gasteiger partial charge in [-0.2, -0.15) is 0 Å². The summed E-state index contributed by atoms with van der Waals surface area (Å²) in [4.78, 5) is 0. The summed E-state index contributed by atoms with van der Waals surface area (Å²) >= 11 is 0. The minimum absolute atomic E-state index is 0.761. The van der Waals surface area contributed by atoms with Gasteiger partial charge in [-0.15, -0.1) is 0 Å². The molecule has 1 saturated carbocycles. The molecule has 25 heavy (non-hydrogen) atoms. The molecule has 2 aromatic carbocycles. The zero-order valence-electron chi connectivity index (χ0n) is 14.5. The second kappa shape index (κ2) is 6.75. The van der Waals surface area contributed by atoms with E-state index >= 15 is 0 Å². The third-order valence-electron chi connectivity index (χ3n) is 5.49. The van der Waals surface area contributed by atoms with Crippen LogP contribution in [0.3, 0.4) is 0 Å². The molecule has 1 aromatic heterocycles. The summed E-state index contributed by atoms with van der Waals surface area (Å²) in [6.07, 6.45) is 9.58. The number of nitrogens with one attached hydrogen (secondary N) is 1. The van der Waals surface area contributed by atoms with E-state index in [-0.39, 0.29) is 0 Å². The molecule has 0 spiro atoms. The molecule has 0 bridgehead atoms. The van der Waals surface area contributed by atoms with Crippen molar-refractivity contribution in [2.45, 2.75) is 38.5 Å². The lowest BCUT2D eigenvalue weighted by molar-refractivity contribution is 0.515. The normalized spacial score (nSPS) is 15.0. The third-order valence-corrected chi connectivity index (χ3v) is 5.49. The van der Waals surface area contributed by atoms with Gasteiger partial charge < -0.3 is 15.7 Å². The molecule has 1 aliphatic carbocycles. The minimum Gasteiger partial charge on any atom is -0.399 e. The first kappa shape index (κ1) is 15.9. The number of nitrogens with zero attached hydrogens (tertiary/aromatic N) is 1. The smallest absolute Gasteiger partial charge is 0.0535 e. The summed E-state index contributed by atoms with van der Waals surface area (Å²) < 4.78 is 2.17. The first-order chi connectivity index (χ1) is 12.2. The van der Waals surface area contributed by atoms with Gasteiger partial charge in [-0.3, -0.25) is 0 Å². The van der Waals surface area contributed by atoms with Crippen LogP contribution >= 0.6 is 0 Å². The Morgan fingerprint density at radius 3 is 2.52 bits per heavy atom. The van der Waals surface area contributed by atoms with Gasteiger partial charge in [-0.05, 0) is 49.1 Å². The fourth-order valence-corrected chi connectivity index (χ4v) is 4.05. The molecular formula is C22H25N3. The standard InChI is InChI=1S/C22H25N3/c23-17-10-12-18(13-11-17)25-15-20(19-7-3-4-8-22(19)25)21(24)14-9-16-5-1-2-6-16/h3-4,7-8,10-13,15-16,24H,1-2,5-6,9,14,23H2. The lowest BCUT2D eigenvalue weighted by atomic mass is 9.97. The van der Waals surface area contributed by atoms with Crippen LogP contribution < -0.4 is 5.73 Å². The molecule has 128 valence electrons. The Labute approximate surface area is 149 Å². The first-order valence-corrected chi connectivity index (χ1v) is 9.26. The number of rotatable bonds is 5. The summed E-state index contributed by atoms with van der Waals surface area (Å²) in [5.41, 5.74) is 10.6. The zero-order valence-corrected chi connectivity index (χ0v) is 14.5. The van der Waals surface area contributed by atoms with Crippen molar-refractivity contribution in [3.05, 3.63) is 60.3 Å². The van der Waals surface area contributed by atoms with Gasteiger partial charge in [0.1, 0.15) is 0 Å². The van der Waals surface area contributed by atoms with E-state index in [0.717, 1.165) is 52.3 Å². The number of nitrogen functional groups attached to an aromatic ring is 1. The summed E-state index contributed by atoms with van der Waals surface area (Å²) in [7, 11) is 0. The maximum absolute atomic E-state index is 8.65. The highest BCUT2D eigenvalue weighted by Crippen LogP contribution is 2.31. The van der Waals surface area contributed by atoms with E-state index in [1.165, 1.54) is 25.7 Å². The minimum atomic E-state index is 0.761. The van der Waals surface area contributed by atoms with Gasteiger partial charge in [0.15, 0.2) is 0 Å². The number of para-hydroxylation sites is 1. The van der Waals surface area contributed by atoms with Crippen LogP contribution in [0.4, 0.5) is 5.69 Å². The van der Waals surface area contributed by atoms with Crippen molar-refractivity contribution < 1.29 is 0 Å². The summed E-state index contributed by atoms with van der Waals surface area (Å²) in [6, 6.07) is 16.3. The quantitative estimate of drug-likeness (QED) is 0.467. The Bertz CT molecular complexity index is 883. The fraction of sp³-hybridized carbons (Fsp3) is 0.318. The van der Waals surface area contributed by atoms with Crippen molar-refractivity contribution in [1.82, 2.24) is 4.57 Å². The van der Waals surface area contributed by atoms with Crippen LogP contribution in [0.2, 0.25) is 0 Å². The van der Waals surface area contributed by atoms with Crippen LogP contribution in [0.25, 0.3) is 16.6 Å². The molecule has 0 aliphatic heterocycles. The average Bonchev–Trinajstić information content (AvgIpc) is 3.28. The predicted molar refractivity (Wildman–Crippen MR) is 106 cm³/mol. The lowest BCUT2D eigenvalue weighted by Gasteiger charge is -2.09. The van der Waals surface area contributed by atoms with Gasteiger partial charge in [0.05, 0.1) is 5.52 Å². The van der Waals surface area contributed by atoms with Crippen LogP contribution in [-0.4, -0.2) is 10.3 Å². The summed E-state index contributed by atoms with van der Waals surface area (Å²) in [5.74, 6) is 0.825. The first-order valence-electron chi connectivity index (χ1n) is 9.26. The Hall–Kier alpha value is -2.55. The topological polar surface area (TPSA) is 54.8 Å². The predicted octanol–water partition coefficient (Wildman–Crippen LogP) is 5.55. The Balaban J connectivity index is 1.66. The molecule has 3 N–H and O–H groups in total. The third kappa shape index (κ3) is 3.19. The molecule has 3 aromatic rings. The van der Waals surface area contributed by atoms with Gasteiger partial charge in [0, 0.05) is 34.2 Å². The number of anilines is 1. The van der Waals surface area contributed by atoms with E-state index in [4.69, 9.17) is 11.1 Å². The van der Waals surface area contributed by atoms with E-state index in [2.05, 4.69) is 35.0 Å². The van der Waals surface area contributed by atoms with E-state index in [1.54, 1.807) is 0 Å².